The van der Waals surface area contributed by atoms with Crippen molar-refractivity contribution in [3.05, 3.63) is 199 Å². The van der Waals surface area contributed by atoms with E-state index in [1.807, 2.05) is 24.3 Å². The van der Waals surface area contributed by atoms with Crippen LogP contribution in [0.15, 0.2) is 182 Å². The molecule has 0 radical (unpaired) electrons. The molecule has 1 aliphatic rings. The summed E-state index contributed by atoms with van der Waals surface area (Å²) in [7, 11) is -1.31. The number of benzene rings is 6. The van der Waals surface area contributed by atoms with Crippen molar-refractivity contribution < 1.29 is 13.9 Å². The molecule has 8 aromatic rings. The fourth-order valence-corrected chi connectivity index (χ4v) is 14.1. The Morgan fingerprint density at radius 1 is 0.661 bits per heavy atom. The topological polar surface area (TPSA) is 101 Å². The Bertz CT molecular complexity index is 2580. The van der Waals surface area contributed by atoms with Crippen molar-refractivity contribution in [2.45, 2.75) is 43.7 Å². The summed E-state index contributed by atoms with van der Waals surface area (Å²) in [6.07, 6.45) is 0.495. The number of nitrogen functional groups attached to an aromatic ring is 1. The Labute approximate surface area is 364 Å². The van der Waals surface area contributed by atoms with E-state index >= 15 is 0 Å². The number of nitrogens with two attached hydrogens (primary N) is 1. The molecule has 2 N–H and O–H groups in total. The van der Waals surface area contributed by atoms with Gasteiger partial charge >= 0.3 is 0 Å². The average Bonchev–Trinajstić information content (AvgIpc) is 3.72. The largest absolute Gasteiger partial charge is 0.497 e. The van der Waals surface area contributed by atoms with Crippen LogP contribution in [0, 0.1) is 0 Å². The summed E-state index contributed by atoms with van der Waals surface area (Å²) in [5.74, 6) is 1.71. The molecule has 312 valence electrons. The first-order chi connectivity index (χ1) is 30.2. The molecule has 9 rings (SSSR count). The number of aromatic nitrogens is 4. The standard InChI is InChI=1S/C52H52N6O3Si/c1-51(2,3)62(44-26-16-8-17-27-44,45-28-18-9-19-29-45)60-36-43-34-57(52(39-20-10-5-11-21-39,40-22-12-6-13-23-40)41-24-14-7-15-25-41)35-46(61-43)58-49(38-30-32-42(59-4)33-31-38)56-47-48(53)54-37-55-50(47)58/h5-33,37,43,46H,34-36H2,1-4H3,(H2,53,54,55)/t43-,46+/m0/s1. The Morgan fingerprint density at radius 2 is 1.16 bits per heavy atom. The second kappa shape index (κ2) is 17.1. The maximum Gasteiger partial charge on any atom is 0.261 e. The fourth-order valence-electron chi connectivity index (χ4n) is 9.53. The number of hydrogen-bond donors (Lipinski definition) is 1. The van der Waals surface area contributed by atoms with Gasteiger partial charge in [-0.25, -0.2) is 15.0 Å². The quantitative estimate of drug-likeness (QED) is 0.0963. The lowest BCUT2D eigenvalue weighted by Crippen LogP contribution is -2.67. The van der Waals surface area contributed by atoms with Gasteiger partial charge in [-0.15, -0.1) is 0 Å². The van der Waals surface area contributed by atoms with Crippen LogP contribution in [0.3, 0.4) is 0 Å². The second-order valence-corrected chi connectivity index (χ2v) is 21.2. The van der Waals surface area contributed by atoms with Gasteiger partial charge in [0.15, 0.2) is 23.2 Å². The first-order valence-electron chi connectivity index (χ1n) is 21.2. The van der Waals surface area contributed by atoms with Gasteiger partial charge in [0.2, 0.25) is 0 Å². The number of fused-ring (bicyclic) bond motifs is 1. The zero-order valence-electron chi connectivity index (χ0n) is 35.6. The van der Waals surface area contributed by atoms with Crippen LogP contribution in [-0.4, -0.2) is 65.6 Å². The van der Waals surface area contributed by atoms with Crippen molar-refractivity contribution in [2.75, 3.05) is 32.5 Å². The van der Waals surface area contributed by atoms with Crippen LogP contribution in [0.5, 0.6) is 5.75 Å². The van der Waals surface area contributed by atoms with Crippen molar-refractivity contribution in [1.29, 1.82) is 0 Å². The van der Waals surface area contributed by atoms with E-state index < -0.39 is 26.2 Å². The number of ether oxygens (including phenoxy) is 2. The number of methoxy groups -OCH3 is 1. The molecular weight excluding hydrogens is 785 g/mol. The van der Waals surface area contributed by atoms with E-state index in [2.05, 4.69) is 187 Å². The lowest BCUT2D eigenvalue weighted by molar-refractivity contribution is -0.145. The second-order valence-electron chi connectivity index (χ2n) is 16.9. The first kappa shape index (κ1) is 40.9. The van der Waals surface area contributed by atoms with E-state index in [0.717, 1.165) is 28.0 Å². The van der Waals surface area contributed by atoms with Crippen LogP contribution in [0.1, 0.15) is 43.7 Å². The fraction of sp³-hybridized carbons (Fsp3) is 0.212. The van der Waals surface area contributed by atoms with Gasteiger partial charge in [0.05, 0.1) is 25.4 Å². The summed E-state index contributed by atoms with van der Waals surface area (Å²) in [6.45, 7) is 8.27. The highest BCUT2D eigenvalue weighted by atomic mass is 28.4. The Hall–Kier alpha value is -6.43. The molecule has 1 aliphatic heterocycles. The molecule has 1 saturated heterocycles. The molecule has 0 unspecified atom stereocenters. The van der Waals surface area contributed by atoms with Crippen molar-refractivity contribution in [3.63, 3.8) is 0 Å². The van der Waals surface area contributed by atoms with E-state index in [9.17, 15) is 0 Å². The molecule has 2 atom stereocenters. The lowest BCUT2D eigenvalue weighted by Gasteiger charge is -2.51. The summed E-state index contributed by atoms with van der Waals surface area (Å²) < 4.78 is 22.8. The van der Waals surface area contributed by atoms with Gasteiger partial charge in [-0.2, -0.15) is 0 Å². The molecule has 3 heterocycles. The van der Waals surface area contributed by atoms with Crippen molar-refractivity contribution >= 4 is 35.7 Å². The summed E-state index contributed by atoms with van der Waals surface area (Å²) in [5.41, 5.74) is 11.2. The minimum Gasteiger partial charge on any atom is -0.497 e. The third-order valence-electron chi connectivity index (χ3n) is 12.2. The molecule has 9 nitrogen and oxygen atoms in total. The van der Waals surface area contributed by atoms with E-state index in [1.165, 1.54) is 16.7 Å². The SMILES string of the molecule is COc1ccc(-c2nc3c(N)ncnc3n2[C@H]2CN(C(c3ccccc3)(c3ccccc3)c3ccccc3)C[C@@H](CO[Si](c3ccccc3)(c3ccccc3)C(C)(C)C)O2)cc1. The summed E-state index contributed by atoms with van der Waals surface area (Å²) >= 11 is 0. The number of nitrogens with zero attached hydrogens (tertiary/aromatic N) is 5. The van der Waals surface area contributed by atoms with E-state index in [-0.39, 0.29) is 5.04 Å². The molecule has 6 aromatic carbocycles. The highest BCUT2D eigenvalue weighted by Gasteiger charge is 2.52. The minimum atomic E-state index is -2.97. The van der Waals surface area contributed by atoms with Crippen LogP contribution in [0.2, 0.25) is 5.04 Å². The van der Waals surface area contributed by atoms with Gasteiger partial charge in [-0.3, -0.25) is 9.47 Å². The lowest BCUT2D eigenvalue weighted by atomic mass is 9.75. The van der Waals surface area contributed by atoms with Gasteiger partial charge in [-0.05, 0) is 56.4 Å². The maximum absolute atomic E-state index is 7.70. The molecule has 1 fully saturated rings. The van der Waals surface area contributed by atoms with Crippen molar-refractivity contribution in [1.82, 2.24) is 24.4 Å². The molecule has 62 heavy (non-hydrogen) atoms. The molecule has 10 heteroatoms. The van der Waals surface area contributed by atoms with E-state index in [1.54, 1.807) is 7.11 Å². The number of imidazole rings is 1. The monoisotopic (exact) mass is 836 g/mol. The van der Waals surface area contributed by atoms with Gasteiger partial charge < -0.3 is 19.6 Å². The third-order valence-corrected chi connectivity index (χ3v) is 17.2. The van der Waals surface area contributed by atoms with E-state index in [0.29, 0.717) is 42.5 Å². The highest BCUT2D eigenvalue weighted by Crippen LogP contribution is 2.46. The zero-order valence-corrected chi connectivity index (χ0v) is 36.6. The predicted molar refractivity (Wildman–Crippen MR) is 250 cm³/mol. The third kappa shape index (κ3) is 7.28. The number of anilines is 1. The average molecular weight is 837 g/mol. The zero-order chi connectivity index (χ0) is 42.7. The van der Waals surface area contributed by atoms with Crippen molar-refractivity contribution in [3.8, 4) is 17.1 Å². The first-order valence-corrected chi connectivity index (χ1v) is 23.1. The van der Waals surface area contributed by atoms with Gasteiger partial charge in [-0.1, -0.05) is 172 Å². The van der Waals surface area contributed by atoms with Crippen LogP contribution in [0.4, 0.5) is 5.82 Å². The molecule has 0 bridgehead atoms. The Balaban J connectivity index is 1.26. The Morgan fingerprint density at radius 3 is 1.65 bits per heavy atom. The number of hydrogen-bond acceptors (Lipinski definition) is 8. The summed E-state index contributed by atoms with van der Waals surface area (Å²) in [6, 6.07) is 61.9. The minimum absolute atomic E-state index is 0.234. The molecule has 0 amide bonds. The molecule has 0 aliphatic carbocycles. The maximum atomic E-state index is 7.70. The summed E-state index contributed by atoms with van der Waals surface area (Å²) in [5, 5.41) is 2.19. The normalized spacial score (nSPS) is 16.3. The van der Waals surface area contributed by atoms with E-state index in [4.69, 9.17) is 29.6 Å². The van der Waals surface area contributed by atoms with Crippen LogP contribution >= 0.6 is 0 Å². The van der Waals surface area contributed by atoms with Gasteiger partial charge in [0, 0.05) is 18.7 Å². The smallest absolute Gasteiger partial charge is 0.261 e. The van der Waals surface area contributed by atoms with Crippen LogP contribution in [-0.2, 0) is 14.7 Å². The predicted octanol–water partition coefficient (Wildman–Crippen LogP) is 8.85. The highest BCUT2D eigenvalue weighted by molar-refractivity contribution is 6.99. The van der Waals surface area contributed by atoms with Crippen LogP contribution < -0.4 is 20.8 Å². The molecule has 0 saturated carbocycles. The molecular formula is C52H52N6O3Si. The summed E-state index contributed by atoms with van der Waals surface area (Å²) in [4.78, 5) is 16.9. The van der Waals surface area contributed by atoms with Crippen molar-refractivity contribution in [2.24, 2.45) is 0 Å². The number of morpholine rings is 1. The molecule has 2 aromatic heterocycles. The van der Waals surface area contributed by atoms with Gasteiger partial charge in [0.25, 0.3) is 8.32 Å². The van der Waals surface area contributed by atoms with Gasteiger partial charge in [0.1, 0.15) is 17.9 Å². The molecule has 0 spiro atoms. The number of rotatable bonds is 12. The van der Waals surface area contributed by atoms with Crippen LogP contribution in [0.25, 0.3) is 22.6 Å². The Kier molecular flexibility index (Phi) is 11.3.